The Morgan fingerprint density at radius 3 is 1.91 bits per heavy atom. The van der Waals surface area contributed by atoms with Crippen molar-refractivity contribution in [2.75, 3.05) is 19.0 Å². The van der Waals surface area contributed by atoms with Crippen molar-refractivity contribution in [2.45, 2.75) is 93.0 Å². The molecule has 1 aliphatic carbocycles. The highest BCUT2D eigenvalue weighted by atomic mass is 32.1. The van der Waals surface area contributed by atoms with Crippen molar-refractivity contribution in [1.29, 1.82) is 0 Å². The van der Waals surface area contributed by atoms with E-state index in [4.69, 9.17) is 18.5 Å². The van der Waals surface area contributed by atoms with Gasteiger partial charge in [-0.3, -0.25) is 9.05 Å². The number of rotatable bonds is 12. The maximum absolute atomic E-state index is 12.4. The summed E-state index contributed by atoms with van der Waals surface area (Å²) in [5.41, 5.74) is 0. The molecule has 0 radical (unpaired) electrons. The quantitative estimate of drug-likeness (QED) is 0.0663. The van der Waals surface area contributed by atoms with Crippen LogP contribution in [0.4, 0.5) is 0 Å². The zero-order valence-electron chi connectivity index (χ0n) is 18.3. The topological polar surface area (TPSA) is 236 Å². The van der Waals surface area contributed by atoms with E-state index < -0.39 is 81.8 Å². The molecule has 0 aromatic heterocycles. The molecular weight excluding hydrogens is 503 g/mol. The normalized spacial score (nSPS) is 42.9. The van der Waals surface area contributed by atoms with Gasteiger partial charge in [-0.1, -0.05) is 12.8 Å². The van der Waals surface area contributed by atoms with E-state index >= 15 is 0 Å². The van der Waals surface area contributed by atoms with Crippen LogP contribution in [0, 0.1) is 0 Å². The van der Waals surface area contributed by atoms with Gasteiger partial charge in [0.25, 0.3) is 0 Å². The molecule has 0 spiro atoms. The van der Waals surface area contributed by atoms with Gasteiger partial charge in [0, 0.05) is 0 Å². The molecule has 0 amide bonds. The first-order chi connectivity index (χ1) is 15.9. The Morgan fingerprint density at radius 2 is 1.32 bits per heavy atom. The van der Waals surface area contributed by atoms with E-state index in [1.165, 1.54) is 0 Å². The van der Waals surface area contributed by atoms with Crippen LogP contribution >= 0.6 is 20.5 Å². The Morgan fingerprint density at radius 1 is 0.765 bits per heavy atom. The largest absolute Gasteiger partial charge is 0.472 e. The molecule has 0 aromatic rings. The van der Waals surface area contributed by atoms with Gasteiger partial charge >= 0.3 is 7.82 Å². The number of ether oxygens (including phenoxy) is 2. The number of hydrogen-bond acceptors (Lipinski definition) is 14. The average Bonchev–Trinajstić information content (AvgIpc) is 2.80. The summed E-state index contributed by atoms with van der Waals surface area (Å²) >= 11 is 4.08. The van der Waals surface area contributed by atoms with Gasteiger partial charge in [-0.05, 0) is 18.6 Å². The van der Waals surface area contributed by atoms with Gasteiger partial charge in [0.15, 0.2) is 6.29 Å². The minimum absolute atomic E-state index is 0.171. The lowest BCUT2D eigenvalue weighted by atomic mass is 9.84. The van der Waals surface area contributed by atoms with Crippen LogP contribution in [0.3, 0.4) is 0 Å². The number of aliphatic hydroxyl groups is 8. The van der Waals surface area contributed by atoms with Crippen LogP contribution in [0.5, 0.6) is 0 Å². The molecule has 2 fully saturated rings. The first-order valence-electron chi connectivity index (χ1n) is 10.9. The number of thiol groups is 1. The van der Waals surface area contributed by atoms with E-state index in [-0.39, 0.29) is 6.61 Å². The molecule has 12 atom stereocenters. The van der Waals surface area contributed by atoms with Gasteiger partial charge in [-0.15, -0.1) is 0 Å². The summed E-state index contributed by atoms with van der Waals surface area (Å²) in [6, 6.07) is 0. The van der Waals surface area contributed by atoms with Crippen LogP contribution < -0.4 is 0 Å². The van der Waals surface area contributed by atoms with E-state index in [1.54, 1.807) is 0 Å². The molecule has 2 aliphatic rings. The van der Waals surface area contributed by atoms with Crippen LogP contribution in [0.2, 0.25) is 0 Å². The van der Waals surface area contributed by atoms with Crippen molar-refractivity contribution in [3.63, 3.8) is 0 Å². The highest BCUT2D eigenvalue weighted by molar-refractivity contribution is 7.80. The SMILES string of the molecule is O=P(O)(OCCCCCCS)O[C@H]1[C@H](O)[C@@H](O)[C@H](O)[C@@H](O)[C@H]1O[C@H]1O[C@H](CO)[C@@H](O)[C@H](O)[C@@H]1O. The Bertz CT molecular complexity index is 658. The summed E-state index contributed by atoms with van der Waals surface area (Å²) in [6.07, 6.45) is -17.8. The molecule has 9 N–H and O–H groups in total. The Hall–Kier alpha value is 0.0600. The maximum atomic E-state index is 12.4. The first-order valence-corrected chi connectivity index (χ1v) is 13.0. The van der Waals surface area contributed by atoms with Gasteiger partial charge in [0.05, 0.1) is 13.2 Å². The van der Waals surface area contributed by atoms with Gasteiger partial charge in [-0.2, -0.15) is 12.6 Å². The van der Waals surface area contributed by atoms with Crippen molar-refractivity contribution < 1.29 is 68.8 Å². The molecule has 16 heteroatoms. The van der Waals surface area contributed by atoms with E-state index in [0.717, 1.165) is 12.8 Å². The van der Waals surface area contributed by atoms with Crippen LogP contribution in [0.1, 0.15) is 25.7 Å². The van der Waals surface area contributed by atoms with Crippen LogP contribution in [0.25, 0.3) is 0 Å². The number of aliphatic hydroxyl groups excluding tert-OH is 8. The summed E-state index contributed by atoms with van der Waals surface area (Å²) in [7, 11) is -4.86. The molecule has 0 aromatic carbocycles. The predicted octanol–water partition coefficient (Wildman–Crippen LogP) is -3.38. The van der Waals surface area contributed by atoms with E-state index in [9.17, 15) is 50.3 Å². The van der Waals surface area contributed by atoms with Gasteiger partial charge < -0.3 is 55.2 Å². The summed E-state index contributed by atoms with van der Waals surface area (Å²) in [6.45, 7) is -0.954. The number of unbranched alkanes of at least 4 members (excludes halogenated alkanes) is 3. The van der Waals surface area contributed by atoms with Gasteiger partial charge in [0.1, 0.15) is 61.0 Å². The molecule has 2 rings (SSSR count). The fraction of sp³-hybridized carbons (Fsp3) is 1.00. The summed E-state index contributed by atoms with van der Waals surface area (Å²) in [5.74, 6) is 0.703. The predicted molar refractivity (Wildman–Crippen MR) is 116 cm³/mol. The molecule has 1 saturated heterocycles. The van der Waals surface area contributed by atoms with Crippen molar-refractivity contribution in [3.05, 3.63) is 0 Å². The molecule has 202 valence electrons. The Labute approximate surface area is 201 Å². The Balaban J connectivity index is 2.13. The molecule has 1 saturated carbocycles. The second-order valence-corrected chi connectivity index (χ2v) is 10.1. The molecule has 0 bridgehead atoms. The molecule has 1 heterocycles. The third-order valence-electron chi connectivity index (χ3n) is 5.75. The monoisotopic (exact) mass is 538 g/mol. The van der Waals surface area contributed by atoms with Gasteiger partial charge in [-0.25, -0.2) is 4.57 Å². The highest BCUT2D eigenvalue weighted by Gasteiger charge is 2.55. The summed E-state index contributed by atoms with van der Waals surface area (Å²) in [4.78, 5) is 10.1. The zero-order valence-corrected chi connectivity index (χ0v) is 20.1. The maximum Gasteiger partial charge on any atom is 0.472 e. The first kappa shape index (κ1) is 30.3. The fourth-order valence-corrected chi connectivity index (χ4v) is 4.92. The van der Waals surface area contributed by atoms with Crippen molar-refractivity contribution in [1.82, 2.24) is 0 Å². The van der Waals surface area contributed by atoms with Crippen molar-refractivity contribution >= 4 is 20.5 Å². The van der Waals surface area contributed by atoms with Crippen LogP contribution in [-0.2, 0) is 23.1 Å². The smallest absolute Gasteiger partial charge is 0.394 e. The zero-order chi connectivity index (χ0) is 25.6. The minimum atomic E-state index is -4.86. The summed E-state index contributed by atoms with van der Waals surface area (Å²) < 4.78 is 32.8. The van der Waals surface area contributed by atoms with E-state index in [1.807, 2.05) is 0 Å². The molecule has 1 unspecified atom stereocenters. The summed E-state index contributed by atoms with van der Waals surface area (Å²) in [5, 5.41) is 80.1. The highest BCUT2D eigenvalue weighted by Crippen LogP contribution is 2.47. The average molecular weight is 539 g/mol. The third kappa shape index (κ3) is 7.54. The molecule has 34 heavy (non-hydrogen) atoms. The number of hydrogen-bond donors (Lipinski definition) is 10. The number of phosphoric ester groups is 1. The second-order valence-electron chi connectivity index (χ2n) is 8.27. The lowest BCUT2D eigenvalue weighted by Gasteiger charge is -2.47. The fourth-order valence-electron chi connectivity index (χ4n) is 3.73. The Kier molecular flexibility index (Phi) is 12.1. The van der Waals surface area contributed by atoms with E-state index in [0.29, 0.717) is 18.6 Å². The third-order valence-corrected chi connectivity index (χ3v) is 7.08. The molecule has 1 aliphatic heterocycles. The van der Waals surface area contributed by atoms with E-state index in [2.05, 4.69) is 12.6 Å². The lowest BCUT2D eigenvalue weighted by molar-refractivity contribution is -0.338. The van der Waals surface area contributed by atoms with Crippen LogP contribution in [-0.4, -0.2) is 132 Å². The molecular formula is C18H35O14PS. The van der Waals surface area contributed by atoms with Crippen LogP contribution in [0.15, 0.2) is 0 Å². The van der Waals surface area contributed by atoms with Gasteiger partial charge in [0.2, 0.25) is 0 Å². The second kappa shape index (κ2) is 13.6. The lowest BCUT2D eigenvalue weighted by Crippen LogP contribution is -2.67. The standard InChI is InChI=1S/C18H35O14PS/c19-7-8-9(20)10(21)15(26)18(30-8)31-16-13(24)11(22)12(23)14(25)17(16)32-33(27,28)29-5-3-1-2-4-6-34/h8-26,34H,1-7H2,(H,27,28)/t8-,9-,10+,11+,12+,13-,14-,15+,16-,17+,18-/m1/s1. The van der Waals surface area contributed by atoms with Crippen molar-refractivity contribution in [3.8, 4) is 0 Å². The molecule has 14 nitrogen and oxygen atoms in total. The van der Waals surface area contributed by atoms with Crippen molar-refractivity contribution in [2.24, 2.45) is 0 Å². The minimum Gasteiger partial charge on any atom is -0.394 e. The number of phosphoric acid groups is 1.